The van der Waals surface area contributed by atoms with Crippen LogP contribution in [0.5, 0.6) is 17.2 Å². The lowest BCUT2D eigenvalue weighted by Crippen LogP contribution is -2.17. The number of aromatic hydroxyl groups is 1. The molecule has 4 nitrogen and oxygen atoms in total. The van der Waals surface area contributed by atoms with Crippen molar-refractivity contribution in [3.8, 4) is 17.2 Å². The summed E-state index contributed by atoms with van der Waals surface area (Å²) in [5, 5.41) is 10.0. The second-order valence-corrected chi connectivity index (χ2v) is 5.06. The number of ether oxygens (including phenoxy) is 2. The molecule has 0 bridgehead atoms. The lowest BCUT2D eigenvalue weighted by Gasteiger charge is -2.22. The van der Waals surface area contributed by atoms with Crippen LogP contribution in [0.3, 0.4) is 0 Å². The van der Waals surface area contributed by atoms with Crippen molar-refractivity contribution >= 4 is 17.3 Å². The van der Waals surface area contributed by atoms with Crippen LogP contribution < -0.4 is 14.4 Å². The first-order valence-corrected chi connectivity index (χ1v) is 6.84. The van der Waals surface area contributed by atoms with Crippen molar-refractivity contribution in [2.24, 2.45) is 0 Å². The topological polar surface area (TPSA) is 41.9 Å². The minimum absolute atomic E-state index is 0.0390. The molecule has 0 aromatic heterocycles. The van der Waals surface area contributed by atoms with E-state index in [9.17, 15) is 5.11 Å². The average molecular weight is 308 g/mol. The summed E-state index contributed by atoms with van der Waals surface area (Å²) >= 11 is 6.01. The first-order chi connectivity index (χ1) is 10.1. The van der Waals surface area contributed by atoms with Gasteiger partial charge in [0.05, 0.1) is 24.9 Å². The molecule has 2 aromatic rings. The van der Waals surface area contributed by atoms with E-state index in [0.29, 0.717) is 12.3 Å². The third-order valence-corrected chi connectivity index (χ3v) is 3.51. The highest BCUT2D eigenvalue weighted by atomic mass is 35.5. The van der Waals surface area contributed by atoms with Gasteiger partial charge in [-0.25, -0.2) is 0 Å². The zero-order chi connectivity index (χ0) is 15.4. The Morgan fingerprint density at radius 1 is 1.10 bits per heavy atom. The molecule has 0 aliphatic rings. The van der Waals surface area contributed by atoms with Crippen molar-refractivity contribution in [2.45, 2.75) is 6.54 Å². The average Bonchev–Trinajstić information content (AvgIpc) is 2.50. The Morgan fingerprint density at radius 3 is 2.43 bits per heavy atom. The number of nitrogens with zero attached hydrogens (tertiary/aromatic N) is 1. The molecule has 5 heteroatoms. The summed E-state index contributed by atoms with van der Waals surface area (Å²) in [6.07, 6.45) is 0. The monoisotopic (exact) mass is 307 g/mol. The maximum Gasteiger partial charge on any atom is 0.176 e. The van der Waals surface area contributed by atoms with E-state index in [-0.39, 0.29) is 10.8 Å². The number of methoxy groups -OCH3 is 2. The minimum Gasteiger partial charge on any atom is -0.503 e. The van der Waals surface area contributed by atoms with Gasteiger partial charge in [0.1, 0.15) is 5.75 Å². The molecule has 0 aliphatic heterocycles. The van der Waals surface area contributed by atoms with Crippen LogP contribution in [-0.2, 0) is 6.54 Å². The highest BCUT2D eigenvalue weighted by Crippen LogP contribution is 2.36. The van der Waals surface area contributed by atoms with Crippen LogP contribution in [0.2, 0.25) is 5.02 Å². The number of para-hydroxylation sites is 2. The second kappa shape index (κ2) is 6.59. The molecule has 21 heavy (non-hydrogen) atoms. The van der Waals surface area contributed by atoms with Gasteiger partial charge >= 0.3 is 0 Å². The van der Waals surface area contributed by atoms with Gasteiger partial charge in [0.15, 0.2) is 11.5 Å². The zero-order valence-corrected chi connectivity index (χ0v) is 13.0. The lowest BCUT2D eigenvalue weighted by atomic mass is 10.1. The summed E-state index contributed by atoms with van der Waals surface area (Å²) in [6.45, 7) is 0.608. The van der Waals surface area contributed by atoms with Crippen LogP contribution in [0, 0.1) is 0 Å². The summed E-state index contributed by atoms with van der Waals surface area (Å²) in [5.74, 6) is 1.13. The van der Waals surface area contributed by atoms with E-state index in [2.05, 4.69) is 0 Å². The molecule has 0 spiro atoms. The summed E-state index contributed by atoms with van der Waals surface area (Å²) in [4.78, 5) is 2.04. The van der Waals surface area contributed by atoms with Crippen molar-refractivity contribution in [3.05, 3.63) is 47.0 Å². The second-order valence-electron chi connectivity index (χ2n) is 4.66. The fourth-order valence-electron chi connectivity index (χ4n) is 2.18. The Hall–Kier alpha value is -2.07. The number of phenols is 1. The van der Waals surface area contributed by atoms with Crippen molar-refractivity contribution in [1.82, 2.24) is 0 Å². The number of anilines is 1. The van der Waals surface area contributed by atoms with Crippen molar-refractivity contribution < 1.29 is 14.6 Å². The first-order valence-electron chi connectivity index (χ1n) is 6.46. The molecule has 2 rings (SSSR count). The number of halogens is 1. The van der Waals surface area contributed by atoms with Gasteiger partial charge in [0.25, 0.3) is 0 Å². The van der Waals surface area contributed by atoms with Crippen LogP contribution >= 0.6 is 11.6 Å². The van der Waals surface area contributed by atoms with E-state index in [1.807, 2.05) is 36.2 Å². The molecule has 0 unspecified atom stereocenters. The van der Waals surface area contributed by atoms with Gasteiger partial charge in [-0.3, -0.25) is 0 Å². The van der Waals surface area contributed by atoms with Crippen LogP contribution in [0.4, 0.5) is 5.69 Å². The molecule has 0 heterocycles. The molecule has 0 atom stereocenters. The van der Waals surface area contributed by atoms with Gasteiger partial charge in [0, 0.05) is 13.6 Å². The Labute approximate surface area is 129 Å². The molecular weight excluding hydrogens is 290 g/mol. The van der Waals surface area contributed by atoms with Gasteiger partial charge in [-0.15, -0.1) is 0 Å². The fourth-order valence-corrected chi connectivity index (χ4v) is 2.41. The van der Waals surface area contributed by atoms with Crippen LogP contribution in [0.25, 0.3) is 0 Å². The molecule has 112 valence electrons. The fraction of sp³-hybridized carbons (Fsp3) is 0.250. The van der Waals surface area contributed by atoms with Crippen LogP contribution in [0.15, 0.2) is 36.4 Å². The van der Waals surface area contributed by atoms with Gasteiger partial charge in [0.2, 0.25) is 0 Å². The lowest BCUT2D eigenvalue weighted by molar-refractivity contribution is 0.373. The van der Waals surface area contributed by atoms with E-state index in [1.54, 1.807) is 19.2 Å². The number of benzene rings is 2. The van der Waals surface area contributed by atoms with Crippen LogP contribution in [-0.4, -0.2) is 26.4 Å². The standard InChI is InChI=1S/C16H18ClNO3/c1-18(13-6-4-5-7-14(13)20-2)10-11-8-12(17)16(19)15(9-11)21-3/h4-9,19H,10H2,1-3H3. The highest BCUT2D eigenvalue weighted by Gasteiger charge is 2.12. The van der Waals surface area contributed by atoms with Gasteiger partial charge in [-0.2, -0.15) is 0 Å². The summed E-state index contributed by atoms with van der Waals surface area (Å²) in [6, 6.07) is 11.3. The molecule has 0 radical (unpaired) electrons. The van der Waals surface area contributed by atoms with E-state index in [1.165, 1.54) is 7.11 Å². The van der Waals surface area contributed by atoms with Crippen molar-refractivity contribution in [1.29, 1.82) is 0 Å². The predicted molar refractivity (Wildman–Crippen MR) is 84.8 cm³/mol. The third kappa shape index (κ3) is 3.34. The summed E-state index contributed by atoms with van der Waals surface area (Å²) in [7, 11) is 5.11. The molecule has 0 aliphatic carbocycles. The number of phenolic OH excluding ortho intramolecular Hbond substituents is 1. The molecule has 0 amide bonds. The predicted octanol–water partition coefficient (Wildman–Crippen LogP) is 3.70. The maximum atomic E-state index is 9.76. The molecular formula is C16H18ClNO3. The van der Waals surface area contributed by atoms with E-state index in [0.717, 1.165) is 17.0 Å². The number of hydrogen-bond acceptors (Lipinski definition) is 4. The maximum absolute atomic E-state index is 9.76. The Morgan fingerprint density at radius 2 is 1.76 bits per heavy atom. The van der Waals surface area contributed by atoms with Crippen molar-refractivity contribution in [2.75, 3.05) is 26.2 Å². The Kier molecular flexibility index (Phi) is 4.81. The van der Waals surface area contributed by atoms with E-state index >= 15 is 0 Å². The van der Waals surface area contributed by atoms with E-state index < -0.39 is 0 Å². The SMILES string of the molecule is COc1ccccc1N(C)Cc1cc(Cl)c(O)c(OC)c1. The Bertz CT molecular complexity index is 631. The summed E-state index contributed by atoms with van der Waals surface area (Å²) < 4.78 is 10.5. The van der Waals surface area contributed by atoms with Gasteiger partial charge in [-0.05, 0) is 29.8 Å². The molecule has 0 saturated heterocycles. The molecule has 0 fully saturated rings. The minimum atomic E-state index is -0.0390. The van der Waals surface area contributed by atoms with Gasteiger partial charge in [-0.1, -0.05) is 23.7 Å². The normalized spacial score (nSPS) is 10.3. The number of hydrogen-bond donors (Lipinski definition) is 1. The molecule has 2 aromatic carbocycles. The van der Waals surface area contributed by atoms with Crippen LogP contribution in [0.1, 0.15) is 5.56 Å². The number of rotatable bonds is 5. The Balaban J connectivity index is 2.27. The smallest absolute Gasteiger partial charge is 0.176 e. The third-order valence-electron chi connectivity index (χ3n) is 3.22. The van der Waals surface area contributed by atoms with E-state index in [4.69, 9.17) is 21.1 Å². The highest BCUT2D eigenvalue weighted by molar-refractivity contribution is 6.32. The largest absolute Gasteiger partial charge is 0.503 e. The molecule has 0 saturated carbocycles. The zero-order valence-electron chi connectivity index (χ0n) is 12.3. The quantitative estimate of drug-likeness (QED) is 0.914. The summed E-state index contributed by atoms with van der Waals surface area (Å²) in [5.41, 5.74) is 1.91. The van der Waals surface area contributed by atoms with Gasteiger partial charge < -0.3 is 19.5 Å². The molecule has 1 N–H and O–H groups in total. The first kappa shape index (κ1) is 15.3. The van der Waals surface area contributed by atoms with Crippen molar-refractivity contribution in [3.63, 3.8) is 0 Å².